The van der Waals surface area contributed by atoms with Gasteiger partial charge < -0.3 is 9.40 Å². The molecule has 4 heteroatoms. The fraction of sp³-hybridized carbons (Fsp3) is 0.364. The third-order valence-corrected chi connectivity index (χ3v) is 2.36. The molecule has 0 aliphatic heterocycles. The fourth-order valence-corrected chi connectivity index (χ4v) is 1.57. The van der Waals surface area contributed by atoms with Crippen LogP contribution >= 0.6 is 0 Å². The van der Waals surface area contributed by atoms with Crippen molar-refractivity contribution < 1.29 is 4.84 Å². The van der Waals surface area contributed by atoms with Crippen molar-refractivity contribution in [2.45, 2.75) is 13.5 Å². The molecule has 0 spiro atoms. The lowest BCUT2D eigenvalue weighted by molar-refractivity contribution is 0.0444. The molecule has 0 saturated carbocycles. The van der Waals surface area contributed by atoms with E-state index in [1.807, 2.05) is 32.2 Å². The van der Waals surface area contributed by atoms with E-state index in [1.54, 1.807) is 0 Å². The number of nitrogens with one attached hydrogen (secondary N) is 1. The van der Waals surface area contributed by atoms with Crippen LogP contribution in [0.5, 0.6) is 0 Å². The molecular weight excluding hydrogens is 190 g/mol. The van der Waals surface area contributed by atoms with Crippen molar-refractivity contribution in [2.75, 3.05) is 6.61 Å². The molecule has 0 amide bonds. The van der Waals surface area contributed by atoms with E-state index < -0.39 is 0 Å². The van der Waals surface area contributed by atoms with Gasteiger partial charge in [-0.3, -0.25) is 0 Å². The maximum atomic E-state index is 5.09. The highest BCUT2D eigenvalue weighted by atomic mass is 16.6. The number of benzene rings is 1. The predicted molar refractivity (Wildman–Crippen MR) is 59.2 cm³/mol. The first-order chi connectivity index (χ1) is 7.33. The highest BCUT2D eigenvalue weighted by Crippen LogP contribution is 2.13. The summed E-state index contributed by atoms with van der Waals surface area (Å²) >= 11 is 0. The zero-order chi connectivity index (χ0) is 10.7. The minimum atomic E-state index is 0.624. The number of imidazole rings is 1. The Balaban J connectivity index is 2.24. The summed E-state index contributed by atoms with van der Waals surface area (Å²) in [7, 11) is 2.01. The van der Waals surface area contributed by atoms with E-state index in [0.717, 1.165) is 16.9 Å². The average molecular weight is 205 g/mol. The number of nitrogens with zero attached hydrogens (tertiary/aromatic N) is 2. The van der Waals surface area contributed by atoms with Crippen LogP contribution in [0.25, 0.3) is 11.0 Å². The second kappa shape index (κ2) is 4.42. The van der Waals surface area contributed by atoms with Crippen LogP contribution in [0.2, 0.25) is 0 Å². The average Bonchev–Trinajstić information content (AvgIpc) is 2.57. The van der Waals surface area contributed by atoms with E-state index in [0.29, 0.717) is 13.2 Å². The maximum absolute atomic E-state index is 5.09. The number of fused-ring (bicyclic) bond motifs is 1. The molecule has 0 fully saturated rings. The molecule has 4 nitrogen and oxygen atoms in total. The quantitative estimate of drug-likeness (QED) is 0.609. The third kappa shape index (κ3) is 2.00. The predicted octanol–water partition coefficient (Wildman–Crippen LogP) is 1.61. The Labute approximate surface area is 88.8 Å². The monoisotopic (exact) mass is 205 g/mol. The van der Waals surface area contributed by atoms with E-state index in [4.69, 9.17) is 4.84 Å². The Morgan fingerprint density at radius 1 is 1.40 bits per heavy atom. The molecule has 0 aliphatic carbocycles. The SMILES string of the molecule is CCONCc1nc2ccccc2n1C. The minimum absolute atomic E-state index is 0.624. The number of rotatable bonds is 4. The number of hydroxylamine groups is 1. The molecule has 0 atom stereocenters. The van der Waals surface area contributed by atoms with Crippen LogP contribution in [0.15, 0.2) is 24.3 Å². The number of hydrogen-bond acceptors (Lipinski definition) is 3. The van der Waals surface area contributed by atoms with E-state index in [-0.39, 0.29) is 0 Å². The van der Waals surface area contributed by atoms with Crippen molar-refractivity contribution in [3.05, 3.63) is 30.1 Å². The number of aryl methyl sites for hydroxylation is 1. The highest BCUT2D eigenvalue weighted by molar-refractivity contribution is 5.75. The van der Waals surface area contributed by atoms with Crippen molar-refractivity contribution in [2.24, 2.45) is 7.05 Å². The molecule has 2 aromatic rings. The molecule has 0 aliphatic rings. The van der Waals surface area contributed by atoms with Gasteiger partial charge in [0.15, 0.2) is 0 Å². The Hall–Kier alpha value is -1.39. The summed E-state index contributed by atoms with van der Waals surface area (Å²) in [5.41, 5.74) is 5.04. The van der Waals surface area contributed by atoms with Gasteiger partial charge in [-0.2, -0.15) is 5.48 Å². The molecule has 1 aromatic carbocycles. The van der Waals surface area contributed by atoms with E-state index in [1.165, 1.54) is 0 Å². The zero-order valence-corrected chi connectivity index (χ0v) is 9.03. The summed E-state index contributed by atoms with van der Waals surface area (Å²) in [6.45, 7) is 3.23. The summed E-state index contributed by atoms with van der Waals surface area (Å²) in [5, 5.41) is 0. The van der Waals surface area contributed by atoms with Crippen LogP contribution in [-0.2, 0) is 18.4 Å². The first kappa shape index (κ1) is 10.1. The van der Waals surface area contributed by atoms with Gasteiger partial charge in [-0.1, -0.05) is 12.1 Å². The van der Waals surface area contributed by atoms with E-state index in [2.05, 4.69) is 21.1 Å². The zero-order valence-electron chi connectivity index (χ0n) is 9.03. The molecule has 15 heavy (non-hydrogen) atoms. The minimum Gasteiger partial charge on any atom is -0.330 e. The molecule has 1 heterocycles. The van der Waals surface area contributed by atoms with Gasteiger partial charge in [0, 0.05) is 7.05 Å². The van der Waals surface area contributed by atoms with Gasteiger partial charge in [0.2, 0.25) is 0 Å². The van der Waals surface area contributed by atoms with Crippen LogP contribution in [-0.4, -0.2) is 16.2 Å². The Morgan fingerprint density at radius 2 is 2.20 bits per heavy atom. The van der Waals surface area contributed by atoms with Gasteiger partial charge in [-0.05, 0) is 19.1 Å². The lowest BCUT2D eigenvalue weighted by Gasteiger charge is -2.03. The standard InChI is InChI=1S/C11H15N3O/c1-3-15-12-8-11-13-9-6-4-5-7-10(9)14(11)2/h4-7,12H,3,8H2,1-2H3. The lowest BCUT2D eigenvalue weighted by Crippen LogP contribution is -2.16. The van der Waals surface area contributed by atoms with Gasteiger partial charge in [0.1, 0.15) is 5.82 Å². The summed E-state index contributed by atoms with van der Waals surface area (Å²) in [6, 6.07) is 8.09. The molecule has 0 bridgehead atoms. The first-order valence-corrected chi connectivity index (χ1v) is 5.08. The summed E-state index contributed by atoms with van der Waals surface area (Å²) < 4.78 is 2.07. The van der Waals surface area contributed by atoms with Gasteiger partial charge in [0.25, 0.3) is 0 Å². The molecule has 80 valence electrons. The number of hydrogen-bond donors (Lipinski definition) is 1. The third-order valence-electron chi connectivity index (χ3n) is 2.36. The fourth-order valence-electron chi connectivity index (χ4n) is 1.57. The van der Waals surface area contributed by atoms with Crippen LogP contribution in [0, 0.1) is 0 Å². The van der Waals surface area contributed by atoms with Gasteiger partial charge in [0.05, 0.1) is 24.2 Å². The van der Waals surface area contributed by atoms with Gasteiger partial charge >= 0.3 is 0 Å². The van der Waals surface area contributed by atoms with Crippen LogP contribution < -0.4 is 5.48 Å². The largest absolute Gasteiger partial charge is 0.330 e. The van der Waals surface area contributed by atoms with Crippen LogP contribution in [0.1, 0.15) is 12.7 Å². The highest BCUT2D eigenvalue weighted by Gasteiger charge is 2.05. The molecule has 0 saturated heterocycles. The lowest BCUT2D eigenvalue weighted by atomic mass is 10.3. The Morgan fingerprint density at radius 3 is 2.93 bits per heavy atom. The normalized spacial score (nSPS) is 11.1. The van der Waals surface area contributed by atoms with Crippen molar-refractivity contribution in [1.82, 2.24) is 15.0 Å². The second-order valence-corrected chi connectivity index (χ2v) is 3.33. The summed E-state index contributed by atoms with van der Waals surface area (Å²) in [5.74, 6) is 0.977. The van der Waals surface area contributed by atoms with Crippen molar-refractivity contribution in [3.63, 3.8) is 0 Å². The van der Waals surface area contributed by atoms with E-state index in [9.17, 15) is 0 Å². The van der Waals surface area contributed by atoms with E-state index >= 15 is 0 Å². The summed E-state index contributed by atoms with van der Waals surface area (Å²) in [6.07, 6.45) is 0. The molecular formula is C11H15N3O. The number of para-hydroxylation sites is 2. The topological polar surface area (TPSA) is 39.1 Å². The smallest absolute Gasteiger partial charge is 0.126 e. The van der Waals surface area contributed by atoms with Crippen molar-refractivity contribution >= 4 is 11.0 Å². The number of aromatic nitrogens is 2. The Bertz CT molecular complexity index is 450. The summed E-state index contributed by atoms with van der Waals surface area (Å²) in [4.78, 5) is 9.59. The first-order valence-electron chi connectivity index (χ1n) is 5.08. The van der Waals surface area contributed by atoms with Crippen molar-refractivity contribution in [3.8, 4) is 0 Å². The van der Waals surface area contributed by atoms with Crippen LogP contribution in [0.4, 0.5) is 0 Å². The molecule has 0 radical (unpaired) electrons. The maximum Gasteiger partial charge on any atom is 0.126 e. The Kier molecular flexibility index (Phi) is 2.99. The van der Waals surface area contributed by atoms with Crippen LogP contribution in [0.3, 0.4) is 0 Å². The second-order valence-electron chi connectivity index (χ2n) is 3.33. The van der Waals surface area contributed by atoms with Crippen molar-refractivity contribution in [1.29, 1.82) is 0 Å². The molecule has 2 rings (SSSR count). The molecule has 1 N–H and O–H groups in total. The van der Waals surface area contributed by atoms with Gasteiger partial charge in [-0.15, -0.1) is 0 Å². The molecule has 1 aromatic heterocycles. The molecule has 0 unspecified atom stereocenters. The van der Waals surface area contributed by atoms with Gasteiger partial charge in [-0.25, -0.2) is 4.98 Å².